The molecule has 20 heavy (non-hydrogen) atoms. The normalized spacial score (nSPS) is 16.2. The zero-order valence-electron chi connectivity index (χ0n) is 13.1. The van der Waals surface area contributed by atoms with Crippen LogP contribution >= 0.6 is 0 Å². The SMILES string of the molecule is CCCNCc1ccc(C(C)C)n(C2CCCC2)c1=O. The van der Waals surface area contributed by atoms with Crippen LogP contribution in [-0.2, 0) is 6.54 Å². The van der Waals surface area contributed by atoms with Crippen LogP contribution in [0.4, 0.5) is 0 Å². The van der Waals surface area contributed by atoms with E-state index < -0.39 is 0 Å². The number of rotatable bonds is 6. The predicted octanol–water partition coefficient (Wildman–Crippen LogP) is 3.59. The second-order valence-corrected chi connectivity index (χ2v) is 6.23. The molecule has 1 aliphatic rings. The van der Waals surface area contributed by atoms with Crippen LogP contribution in [0.5, 0.6) is 0 Å². The molecular formula is C17H28N2O. The minimum atomic E-state index is 0.228. The molecule has 0 amide bonds. The van der Waals surface area contributed by atoms with Gasteiger partial charge in [0.05, 0.1) is 0 Å². The quantitative estimate of drug-likeness (QED) is 0.806. The van der Waals surface area contributed by atoms with Crippen molar-refractivity contribution in [2.45, 2.75) is 71.4 Å². The van der Waals surface area contributed by atoms with Crippen LogP contribution in [0.15, 0.2) is 16.9 Å². The molecule has 3 nitrogen and oxygen atoms in total. The molecule has 2 rings (SSSR count). The van der Waals surface area contributed by atoms with Crippen LogP contribution in [0.3, 0.4) is 0 Å². The van der Waals surface area contributed by atoms with Crippen LogP contribution in [0, 0.1) is 0 Å². The summed E-state index contributed by atoms with van der Waals surface area (Å²) in [6, 6.07) is 4.60. The number of nitrogens with zero attached hydrogens (tertiary/aromatic N) is 1. The number of pyridine rings is 1. The molecule has 3 heteroatoms. The molecule has 0 aliphatic heterocycles. The Morgan fingerprint density at radius 2 is 2.00 bits per heavy atom. The summed E-state index contributed by atoms with van der Waals surface area (Å²) in [5.74, 6) is 0.404. The Hall–Kier alpha value is -1.09. The van der Waals surface area contributed by atoms with Gasteiger partial charge in [-0.05, 0) is 37.8 Å². The summed E-state index contributed by atoms with van der Waals surface area (Å²) in [7, 11) is 0. The lowest BCUT2D eigenvalue weighted by Gasteiger charge is -2.22. The number of hydrogen-bond acceptors (Lipinski definition) is 2. The van der Waals surface area contributed by atoms with Crippen molar-refractivity contribution in [2.24, 2.45) is 0 Å². The molecule has 1 N–H and O–H groups in total. The first-order chi connectivity index (χ1) is 9.65. The monoisotopic (exact) mass is 276 g/mol. The maximum atomic E-state index is 12.8. The highest BCUT2D eigenvalue weighted by Crippen LogP contribution is 2.31. The fourth-order valence-corrected chi connectivity index (χ4v) is 3.15. The molecule has 0 saturated heterocycles. The zero-order chi connectivity index (χ0) is 14.5. The van der Waals surface area contributed by atoms with Crippen molar-refractivity contribution in [3.05, 3.63) is 33.7 Å². The van der Waals surface area contributed by atoms with Crippen molar-refractivity contribution < 1.29 is 0 Å². The van der Waals surface area contributed by atoms with Gasteiger partial charge in [0, 0.05) is 23.8 Å². The first-order valence-electron chi connectivity index (χ1n) is 8.10. The fourth-order valence-electron chi connectivity index (χ4n) is 3.15. The maximum Gasteiger partial charge on any atom is 0.255 e. The molecule has 0 aromatic carbocycles. The van der Waals surface area contributed by atoms with Gasteiger partial charge in [0.1, 0.15) is 0 Å². The standard InChI is InChI=1S/C17H28N2O/c1-4-11-18-12-14-9-10-16(13(2)3)19(17(14)20)15-7-5-6-8-15/h9-10,13,15,18H,4-8,11-12H2,1-3H3. The molecule has 1 aromatic rings. The van der Waals surface area contributed by atoms with Gasteiger partial charge in [0.2, 0.25) is 0 Å². The molecule has 0 spiro atoms. The molecular weight excluding hydrogens is 248 g/mol. The van der Waals surface area contributed by atoms with E-state index in [4.69, 9.17) is 0 Å². The first-order valence-corrected chi connectivity index (χ1v) is 8.10. The minimum Gasteiger partial charge on any atom is -0.312 e. The Kier molecular flexibility index (Phi) is 5.41. The Balaban J connectivity index is 2.33. The van der Waals surface area contributed by atoms with Gasteiger partial charge in [0.15, 0.2) is 0 Å². The highest BCUT2D eigenvalue weighted by molar-refractivity contribution is 5.19. The highest BCUT2D eigenvalue weighted by Gasteiger charge is 2.22. The zero-order valence-corrected chi connectivity index (χ0v) is 13.1. The van der Waals surface area contributed by atoms with Crippen LogP contribution in [-0.4, -0.2) is 11.1 Å². The van der Waals surface area contributed by atoms with Gasteiger partial charge >= 0.3 is 0 Å². The third kappa shape index (κ3) is 3.32. The Morgan fingerprint density at radius 1 is 1.30 bits per heavy atom. The first kappa shape index (κ1) is 15.3. The smallest absolute Gasteiger partial charge is 0.255 e. The van der Waals surface area contributed by atoms with E-state index in [1.54, 1.807) is 0 Å². The van der Waals surface area contributed by atoms with Crippen molar-refractivity contribution in [2.75, 3.05) is 6.54 Å². The van der Waals surface area contributed by atoms with Gasteiger partial charge < -0.3 is 9.88 Å². The van der Waals surface area contributed by atoms with E-state index in [-0.39, 0.29) is 5.56 Å². The van der Waals surface area contributed by atoms with E-state index >= 15 is 0 Å². The summed E-state index contributed by atoms with van der Waals surface area (Å²) < 4.78 is 2.10. The number of aromatic nitrogens is 1. The summed E-state index contributed by atoms with van der Waals surface area (Å²) in [5.41, 5.74) is 2.34. The minimum absolute atomic E-state index is 0.228. The molecule has 112 valence electrons. The lowest BCUT2D eigenvalue weighted by Crippen LogP contribution is -2.32. The van der Waals surface area contributed by atoms with E-state index in [0.717, 1.165) is 31.4 Å². The lowest BCUT2D eigenvalue weighted by atomic mass is 10.1. The van der Waals surface area contributed by atoms with E-state index in [9.17, 15) is 4.79 Å². The predicted molar refractivity (Wildman–Crippen MR) is 84.3 cm³/mol. The third-order valence-electron chi connectivity index (χ3n) is 4.25. The van der Waals surface area contributed by atoms with Gasteiger partial charge in [-0.15, -0.1) is 0 Å². The molecule has 1 heterocycles. The number of nitrogens with one attached hydrogen (secondary N) is 1. The summed E-state index contributed by atoms with van der Waals surface area (Å²) >= 11 is 0. The number of hydrogen-bond donors (Lipinski definition) is 1. The Bertz CT molecular complexity index is 484. The van der Waals surface area contributed by atoms with Gasteiger partial charge in [-0.1, -0.05) is 39.7 Å². The molecule has 0 bridgehead atoms. The lowest BCUT2D eigenvalue weighted by molar-refractivity contribution is 0.468. The summed E-state index contributed by atoms with van der Waals surface area (Å²) in [4.78, 5) is 12.8. The van der Waals surface area contributed by atoms with E-state index in [1.165, 1.54) is 18.5 Å². The van der Waals surface area contributed by atoms with Crippen molar-refractivity contribution in [3.63, 3.8) is 0 Å². The third-order valence-corrected chi connectivity index (χ3v) is 4.25. The fraction of sp³-hybridized carbons (Fsp3) is 0.706. The van der Waals surface area contributed by atoms with Gasteiger partial charge in [-0.25, -0.2) is 0 Å². The second-order valence-electron chi connectivity index (χ2n) is 6.23. The highest BCUT2D eigenvalue weighted by atomic mass is 16.1. The van der Waals surface area contributed by atoms with Crippen LogP contribution in [0.25, 0.3) is 0 Å². The Labute approximate surface area is 122 Å². The van der Waals surface area contributed by atoms with Crippen molar-refractivity contribution in [3.8, 4) is 0 Å². The molecule has 0 radical (unpaired) electrons. The molecule has 1 aliphatic carbocycles. The molecule has 0 unspecified atom stereocenters. The van der Waals surface area contributed by atoms with Crippen LogP contribution in [0.1, 0.15) is 76.1 Å². The summed E-state index contributed by atoms with van der Waals surface area (Å²) in [6.45, 7) is 8.16. The van der Waals surface area contributed by atoms with E-state index in [2.05, 4.69) is 36.7 Å². The van der Waals surface area contributed by atoms with Crippen LogP contribution < -0.4 is 10.9 Å². The second kappa shape index (κ2) is 7.07. The largest absolute Gasteiger partial charge is 0.312 e. The summed E-state index contributed by atoms with van der Waals surface area (Å²) in [6.07, 6.45) is 5.93. The van der Waals surface area contributed by atoms with Gasteiger partial charge in [-0.2, -0.15) is 0 Å². The Morgan fingerprint density at radius 3 is 2.60 bits per heavy atom. The van der Waals surface area contributed by atoms with Crippen molar-refractivity contribution in [1.82, 2.24) is 9.88 Å². The average Bonchev–Trinajstić information content (AvgIpc) is 2.94. The molecule has 1 aromatic heterocycles. The van der Waals surface area contributed by atoms with Crippen LogP contribution in [0.2, 0.25) is 0 Å². The van der Waals surface area contributed by atoms with E-state index in [1.807, 2.05) is 6.07 Å². The average molecular weight is 276 g/mol. The van der Waals surface area contributed by atoms with Crippen molar-refractivity contribution >= 4 is 0 Å². The van der Waals surface area contributed by atoms with Crippen molar-refractivity contribution in [1.29, 1.82) is 0 Å². The topological polar surface area (TPSA) is 34.0 Å². The van der Waals surface area contributed by atoms with E-state index in [0.29, 0.717) is 18.5 Å². The van der Waals surface area contributed by atoms with Gasteiger partial charge in [-0.3, -0.25) is 4.79 Å². The summed E-state index contributed by atoms with van der Waals surface area (Å²) in [5, 5.41) is 3.35. The molecule has 0 atom stereocenters. The van der Waals surface area contributed by atoms with Gasteiger partial charge in [0.25, 0.3) is 5.56 Å². The molecule has 1 saturated carbocycles. The molecule has 1 fully saturated rings. The maximum absolute atomic E-state index is 12.8.